The van der Waals surface area contributed by atoms with Gasteiger partial charge in [-0.1, -0.05) is 25.7 Å². The van der Waals surface area contributed by atoms with E-state index in [0.717, 1.165) is 6.04 Å². The van der Waals surface area contributed by atoms with Crippen molar-refractivity contribution in [3.05, 3.63) is 12.2 Å². The van der Waals surface area contributed by atoms with Crippen molar-refractivity contribution in [3.8, 4) is 0 Å². The third-order valence-corrected chi connectivity index (χ3v) is 3.66. The molecule has 0 saturated heterocycles. The van der Waals surface area contributed by atoms with Crippen molar-refractivity contribution < 1.29 is 9.22 Å². The van der Waals surface area contributed by atoms with Crippen molar-refractivity contribution in [1.29, 1.82) is 0 Å². The van der Waals surface area contributed by atoms with Crippen molar-refractivity contribution in [3.63, 3.8) is 0 Å². The number of carbonyl (C=O) groups excluding carboxylic acids is 1. The predicted molar refractivity (Wildman–Crippen MR) is 66.7 cm³/mol. The molecule has 0 spiro atoms. The van der Waals surface area contributed by atoms with E-state index in [0.29, 0.717) is 0 Å². The molecular formula is C10H22O2Si2. The number of carbonyl (C=O) groups is 1. The van der Waals surface area contributed by atoms with Crippen molar-refractivity contribution in [2.75, 3.05) is 0 Å². The van der Waals surface area contributed by atoms with E-state index >= 15 is 0 Å². The maximum Gasteiger partial charge on any atom is 0.317 e. The van der Waals surface area contributed by atoms with Crippen LogP contribution in [0.5, 0.6) is 0 Å². The lowest BCUT2D eigenvalue weighted by Gasteiger charge is -2.16. The summed E-state index contributed by atoms with van der Waals surface area (Å²) in [4.78, 5) is 11.3. The molecule has 0 N–H and O–H groups in total. The summed E-state index contributed by atoms with van der Waals surface area (Å²) in [6, 6.07) is 1.04. The van der Waals surface area contributed by atoms with E-state index < -0.39 is 16.4 Å². The molecule has 82 valence electrons. The molecule has 0 heterocycles. The molecule has 0 amide bonds. The van der Waals surface area contributed by atoms with Crippen LogP contribution in [0.2, 0.25) is 45.3 Å². The SMILES string of the molecule is C[Si](C)(C)C/C=C/C(=O)O[Si](C)(C)C. The van der Waals surface area contributed by atoms with Gasteiger partial charge in [0.05, 0.1) is 0 Å². The summed E-state index contributed by atoms with van der Waals surface area (Å²) < 4.78 is 5.28. The number of hydrogen-bond donors (Lipinski definition) is 0. The minimum absolute atomic E-state index is 0.178. The van der Waals surface area contributed by atoms with Gasteiger partial charge >= 0.3 is 5.97 Å². The molecule has 4 heteroatoms. The smallest absolute Gasteiger partial charge is 0.317 e. The maximum atomic E-state index is 11.3. The van der Waals surface area contributed by atoms with Crippen LogP contribution in [0, 0.1) is 0 Å². The first-order chi connectivity index (χ1) is 6.10. The Balaban J connectivity index is 3.96. The lowest BCUT2D eigenvalue weighted by molar-refractivity contribution is -0.129. The van der Waals surface area contributed by atoms with Gasteiger partial charge in [0.15, 0.2) is 0 Å². The fraction of sp³-hybridized carbons (Fsp3) is 0.700. The summed E-state index contributed by atoms with van der Waals surface area (Å²) >= 11 is 0. The summed E-state index contributed by atoms with van der Waals surface area (Å²) in [6.45, 7) is 12.9. The predicted octanol–water partition coefficient (Wildman–Crippen LogP) is 3.26. The average Bonchev–Trinajstić information content (AvgIpc) is 1.78. The van der Waals surface area contributed by atoms with E-state index in [-0.39, 0.29) is 5.97 Å². The lowest BCUT2D eigenvalue weighted by atomic mass is 10.5. The summed E-state index contributed by atoms with van der Waals surface area (Å²) in [7, 11) is -2.77. The molecule has 0 rings (SSSR count). The first-order valence-corrected chi connectivity index (χ1v) is 12.1. The summed E-state index contributed by atoms with van der Waals surface area (Å²) in [5.74, 6) is -0.178. The highest BCUT2D eigenvalue weighted by molar-refractivity contribution is 6.76. The van der Waals surface area contributed by atoms with Gasteiger partial charge in [-0.05, 0) is 25.7 Å². The second kappa shape index (κ2) is 4.93. The second-order valence-corrected chi connectivity index (χ2v) is 15.7. The third-order valence-electron chi connectivity index (χ3n) is 1.39. The second-order valence-electron chi connectivity index (χ2n) is 5.70. The van der Waals surface area contributed by atoms with Crippen LogP contribution in [0.3, 0.4) is 0 Å². The Morgan fingerprint density at radius 3 is 2.00 bits per heavy atom. The molecule has 0 aliphatic heterocycles. The van der Waals surface area contributed by atoms with Crippen LogP contribution in [0.25, 0.3) is 0 Å². The van der Waals surface area contributed by atoms with E-state index in [4.69, 9.17) is 4.43 Å². The van der Waals surface area contributed by atoms with Crippen LogP contribution in [0.1, 0.15) is 0 Å². The monoisotopic (exact) mass is 230 g/mol. The van der Waals surface area contributed by atoms with E-state index in [1.807, 2.05) is 25.7 Å². The third kappa shape index (κ3) is 9.73. The van der Waals surface area contributed by atoms with Gasteiger partial charge in [-0.2, -0.15) is 0 Å². The summed E-state index contributed by atoms with van der Waals surface area (Å²) in [5.41, 5.74) is 0. The Labute approximate surface area is 89.5 Å². The molecule has 0 fully saturated rings. The van der Waals surface area contributed by atoms with Crippen LogP contribution in [0.4, 0.5) is 0 Å². The number of rotatable bonds is 4. The Bertz CT molecular complexity index is 221. The normalized spacial score (nSPS) is 13.3. The van der Waals surface area contributed by atoms with Gasteiger partial charge in [0.25, 0.3) is 0 Å². The van der Waals surface area contributed by atoms with Gasteiger partial charge in [0.1, 0.15) is 0 Å². The van der Waals surface area contributed by atoms with Crippen molar-refractivity contribution in [2.24, 2.45) is 0 Å². The first kappa shape index (κ1) is 13.6. The number of hydrogen-bond acceptors (Lipinski definition) is 2. The van der Waals surface area contributed by atoms with Gasteiger partial charge in [0.2, 0.25) is 8.32 Å². The van der Waals surface area contributed by atoms with E-state index in [1.54, 1.807) is 6.08 Å². The fourth-order valence-corrected chi connectivity index (χ4v) is 2.34. The van der Waals surface area contributed by atoms with Crippen LogP contribution in [-0.4, -0.2) is 22.4 Å². The first-order valence-electron chi connectivity index (χ1n) is 5.00. The topological polar surface area (TPSA) is 26.3 Å². The van der Waals surface area contributed by atoms with Crippen molar-refractivity contribution in [1.82, 2.24) is 0 Å². The molecular weight excluding hydrogens is 208 g/mol. The maximum absolute atomic E-state index is 11.3. The zero-order valence-electron chi connectivity index (χ0n) is 10.2. The Hall–Kier alpha value is -0.356. The minimum Gasteiger partial charge on any atom is -0.517 e. The molecule has 2 nitrogen and oxygen atoms in total. The number of allylic oxidation sites excluding steroid dienone is 1. The van der Waals surface area contributed by atoms with Gasteiger partial charge < -0.3 is 4.43 Å². The highest BCUT2D eigenvalue weighted by atomic mass is 28.4. The molecule has 0 saturated carbocycles. The molecule has 0 aliphatic carbocycles. The highest BCUT2D eigenvalue weighted by Gasteiger charge is 2.18. The van der Waals surface area contributed by atoms with E-state index in [1.165, 1.54) is 0 Å². The average molecular weight is 230 g/mol. The van der Waals surface area contributed by atoms with Crippen LogP contribution in [-0.2, 0) is 9.22 Å². The molecule has 0 aromatic rings. The quantitative estimate of drug-likeness (QED) is 0.547. The standard InChI is InChI=1S/C10H22O2Si2/c1-13(2,3)9-7-8-10(11)12-14(4,5)6/h7-8H,9H2,1-6H3/b8-7+. The highest BCUT2D eigenvalue weighted by Crippen LogP contribution is 2.09. The van der Waals surface area contributed by atoms with Crippen LogP contribution in [0.15, 0.2) is 12.2 Å². The Kier molecular flexibility index (Phi) is 4.81. The van der Waals surface area contributed by atoms with Crippen LogP contribution < -0.4 is 0 Å². The Morgan fingerprint density at radius 1 is 1.14 bits per heavy atom. The largest absolute Gasteiger partial charge is 0.517 e. The lowest BCUT2D eigenvalue weighted by Crippen LogP contribution is -2.28. The molecule has 14 heavy (non-hydrogen) atoms. The van der Waals surface area contributed by atoms with Gasteiger partial charge in [0, 0.05) is 14.1 Å². The molecule has 0 radical (unpaired) electrons. The van der Waals surface area contributed by atoms with Gasteiger partial charge in [-0.25, -0.2) is 4.79 Å². The molecule has 0 aromatic heterocycles. The zero-order chi connectivity index (χ0) is 11.4. The molecule has 0 unspecified atom stereocenters. The summed E-state index contributed by atoms with van der Waals surface area (Å²) in [5, 5.41) is 0. The molecule has 0 bridgehead atoms. The fourth-order valence-electron chi connectivity index (χ4n) is 0.845. The van der Waals surface area contributed by atoms with Gasteiger partial charge in [-0.3, -0.25) is 0 Å². The molecule has 0 aliphatic rings. The zero-order valence-corrected chi connectivity index (χ0v) is 12.2. The van der Waals surface area contributed by atoms with Crippen LogP contribution >= 0.6 is 0 Å². The van der Waals surface area contributed by atoms with Crippen molar-refractivity contribution >= 4 is 22.4 Å². The summed E-state index contributed by atoms with van der Waals surface area (Å²) in [6.07, 6.45) is 3.53. The van der Waals surface area contributed by atoms with Gasteiger partial charge in [-0.15, -0.1) is 0 Å². The Morgan fingerprint density at radius 2 is 1.64 bits per heavy atom. The van der Waals surface area contributed by atoms with Crippen molar-refractivity contribution in [2.45, 2.75) is 45.3 Å². The molecule has 0 aromatic carbocycles. The minimum atomic E-state index is -1.71. The van der Waals surface area contributed by atoms with E-state index in [9.17, 15) is 4.79 Å². The van der Waals surface area contributed by atoms with E-state index in [2.05, 4.69) is 19.6 Å². The molecule has 0 atom stereocenters.